The van der Waals surface area contributed by atoms with Gasteiger partial charge in [0, 0.05) is 51.1 Å². The number of carbonyl (C=O) groups excluding carboxylic acids is 1. The third-order valence-corrected chi connectivity index (χ3v) is 3.45. The van der Waals surface area contributed by atoms with Crippen molar-refractivity contribution in [1.82, 2.24) is 20.6 Å². The number of aryl methyl sites for hydroxylation is 1. The Balaban J connectivity index is 0.00000338. The van der Waals surface area contributed by atoms with E-state index in [1.807, 2.05) is 31.2 Å². The Kier molecular flexibility index (Phi) is 10.2. The van der Waals surface area contributed by atoms with E-state index in [0.717, 1.165) is 24.2 Å². The quantitative estimate of drug-likeness (QED) is 0.329. The zero-order valence-electron chi connectivity index (χ0n) is 15.0. The van der Waals surface area contributed by atoms with Gasteiger partial charge in [-0.2, -0.15) is 0 Å². The fourth-order valence-corrected chi connectivity index (χ4v) is 2.12. The lowest BCUT2D eigenvalue weighted by Gasteiger charge is -2.11. The van der Waals surface area contributed by atoms with Crippen LogP contribution in [-0.2, 0) is 11.2 Å². The van der Waals surface area contributed by atoms with Crippen molar-refractivity contribution in [3.05, 3.63) is 54.0 Å². The highest BCUT2D eigenvalue weighted by Crippen LogP contribution is 2.03. The SMILES string of the molecule is CN=C(NCCC(=O)Nc1ccc(C)cn1)NCCc1ccccn1.I. The molecule has 2 heterocycles. The van der Waals surface area contributed by atoms with E-state index in [9.17, 15) is 4.79 Å². The molecule has 2 aromatic rings. The highest BCUT2D eigenvalue weighted by Gasteiger charge is 2.04. The molecule has 0 aliphatic carbocycles. The fraction of sp³-hybridized carbons (Fsp3) is 0.333. The maximum atomic E-state index is 11.9. The van der Waals surface area contributed by atoms with Gasteiger partial charge in [-0.3, -0.25) is 14.8 Å². The predicted molar refractivity (Wildman–Crippen MR) is 115 cm³/mol. The summed E-state index contributed by atoms with van der Waals surface area (Å²) in [6.45, 7) is 3.16. The summed E-state index contributed by atoms with van der Waals surface area (Å²) in [5, 5.41) is 9.09. The zero-order chi connectivity index (χ0) is 17.9. The Morgan fingerprint density at radius 2 is 1.92 bits per heavy atom. The average molecular weight is 468 g/mol. The molecule has 8 heteroatoms. The van der Waals surface area contributed by atoms with Crippen molar-refractivity contribution < 1.29 is 4.79 Å². The second-order valence-electron chi connectivity index (χ2n) is 5.52. The maximum absolute atomic E-state index is 11.9. The summed E-state index contributed by atoms with van der Waals surface area (Å²) >= 11 is 0. The van der Waals surface area contributed by atoms with Crippen LogP contribution in [0.4, 0.5) is 5.82 Å². The van der Waals surface area contributed by atoms with Crippen LogP contribution in [0.25, 0.3) is 0 Å². The molecule has 0 bridgehead atoms. The Hall–Kier alpha value is -2.23. The summed E-state index contributed by atoms with van der Waals surface area (Å²) in [5.74, 6) is 1.14. The van der Waals surface area contributed by atoms with Crippen molar-refractivity contribution in [2.45, 2.75) is 19.8 Å². The molecule has 0 spiro atoms. The van der Waals surface area contributed by atoms with Crippen LogP contribution in [-0.4, -0.2) is 42.0 Å². The first-order chi connectivity index (χ1) is 12.2. The van der Waals surface area contributed by atoms with E-state index < -0.39 is 0 Å². The molecule has 0 unspecified atom stereocenters. The summed E-state index contributed by atoms with van der Waals surface area (Å²) in [5.41, 5.74) is 2.08. The molecule has 0 saturated carbocycles. The molecule has 2 rings (SSSR count). The number of amides is 1. The molecule has 1 amide bonds. The fourth-order valence-electron chi connectivity index (χ4n) is 2.12. The molecule has 0 aliphatic heterocycles. The maximum Gasteiger partial charge on any atom is 0.227 e. The number of rotatable bonds is 7. The number of nitrogens with zero attached hydrogens (tertiary/aromatic N) is 3. The number of carbonyl (C=O) groups is 1. The second-order valence-corrected chi connectivity index (χ2v) is 5.52. The number of nitrogens with one attached hydrogen (secondary N) is 3. The van der Waals surface area contributed by atoms with Crippen molar-refractivity contribution in [2.75, 3.05) is 25.5 Å². The van der Waals surface area contributed by atoms with Crippen molar-refractivity contribution in [2.24, 2.45) is 4.99 Å². The van der Waals surface area contributed by atoms with Crippen LogP contribution in [0.1, 0.15) is 17.7 Å². The molecular weight excluding hydrogens is 443 g/mol. The van der Waals surface area contributed by atoms with E-state index in [2.05, 4.69) is 30.9 Å². The monoisotopic (exact) mass is 468 g/mol. The molecule has 26 heavy (non-hydrogen) atoms. The van der Waals surface area contributed by atoms with Crippen LogP contribution < -0.4 is 16.0 Å². The summed E-state index contributed by atoms with van der Waals surface area (Å²) in [7, 11) is 1.70. The summed E-state index contributed by atoms with van der Waals surface area (Å²) < 4.78 is 0. The number of hydrogen-bond acceptors (Lipinski definition) is 4. The molecule has 0 radical (unpaired) electrons. The minimum absolute atomic E-state index is 0. The van der Waals surface area contributed by atoms with Gasteiger partial charge in [-0.15, -0.1) is 24.0 Å². The van der Waals surface area contributed by atoms with Gasteiger partial charge in [-0.1, -0.05) is 12.1 Å². The van der Waals surface area contributed by atoms with Gasteiger partial charge in [0.25, 0.3) is 0 Å². The first-order valence-corrected chi connectivity index (χ1v) is 8.24. The van der Waals surface area contributed by atoms with Crippen LogP contribution in [0.3, 0.4) is 0 Å². The Bertz CT molecular complexity index is 691. The van der Waals surface area contributed by atoms with Gasteiger partial charge in [-0.25, -0.2) is 4.98 Å². The summed E-state index contributed by atoms with van der Waals surface area (Å²) in [6.07, 6.45) is 4.64. The smallest absolute Gasteiger partial charge is 0.227 e. The predicted octanol–water partition coefficient (Wildman–Crippen LogP) is 2.14. The number of pyridine rings is 2. The lowest BCUT2D eigenvalue weighted by Crippen LogP contribution is -2.39. The van der Waals surface area contributed by atoms with Crippen molar-refractivity contribution in [1.29, 1.82) is 0 Å². The molecule has 140 valence electrons. The van der Waals surface area contributed by atoms with E-state index >= 15 is 0 Å². The van der Waals surface area contributed by atoms with Crippen molar-refractivity contribution in [3.8, 4) is 0 Å². The van der Waals surface area contributed by atoms with E-state index in [1.54, 1.807) is 25.5 Å². The van der Waals surface area contributed by atoms with Crippen molar-refractivity contribution >= 4 is 41.7 Å². The van der Waals surface area contributed by atoms with Gasteiger partial charge in [0.15, 0.2) is 5.96 Å². The largest absolute Gasteiger partial charge is 0.356 e. The summed E-state index contributed by atoms with van der Waals surface area (Å²) in [4.78, 5) is 24.5. The summed E-state index contributed by atoms with van der Waals surface area (Å²) in [6, 6.07) is 9.56. The van der Waals surface area contributed by atoms with Gasteiger partial charge >= 0.3 is 0 Å². The molecule has 0 aromatic carbocycles. The van der Waals surface area contributed by atoms with E-state index in [-0.39, 0.29) is 29.9 Å². The normalized spacial score (nSPS) is 10.6. The van der Waals surface area contributed by atoms with E-state index in [4.69, 9.17) is 0 Å². The number of halogens is 1. The molecule has 2 aromatic heterocycles. The standard InChI is InChI=1S/C18H24N6O.HI/c1-14-6-7-16(23-13-14)24-17(25)9-12-22-18(19-2)21-11-8-15-5-3-4-10-20-15;/h3-7,10,13H,8-9,11-12H2,1-2H3,(H2,19,21,22)(H,23,24,25);1H. The molecular formula is C18H25IN6O. The minimum atomic E-state index is -0.0900. The van der Waals surface area contributed by atoms with Gasteiger partial charge in [0.05, 0.1) is 0 Å². The Labute approximate surface area is 171 Å². The first kappa shape index (κ1) is 21.8. The van der Waals surface area contributed by atoms with Crippen LogP contribution in [0, 0.1) is 6.92 Å². The third kappa shape index (κ3) is 8.24. The number of guanidine groups is 1. The highest BCUT2D eigenvalue weighted by molar-refractivity contribution is 14.0. The molecule has 0 saturated heterocycles. The Morgan fingerprint density at radius 3 is 2.58 bits per heavy atom. The minimum Gasteiger partial charge on any atom is -0.356 e. The van der Waals surface area contributed by atoms with Gasteiger partial charge in [0.2, 0.25) is 5.91 Å². The second kappa shape index (κ2) is 12.2. The number of anilines is 1. The van der Waals surface area contributed by atoms with E-state index in [1.165, 1.54) is 0 Å². The molecule has 0 fully saturated rings. The van der Waals surface area contributed by atoms with Crippen molar-refractivity contribution in [3.63, 3.8) is 0 Å². The molecule has 0 aliphatic rings. The highest BCUT2D eigenvalue weighted by atomic mass is 127. The molecule has 7 nitrogen and oxygen atoms in total. The lowest BCUT2D eigenvalue weighted by atomic mass is 10.3. The van der Waals surface area contributed by atoms with Crippen LogP contribution >= 0.6 is 24.0 Å². The zero-order valence-corrected chi connectivity index (χ0v) is 17.4. The number of aliphatic imine (C=N–C) groups is 1. The van der Waals surface area contributed by atoms with Crippen LogP contribution in [0.2, 0.25) is 0 Å². The van der Waals surface area contributed by atoms with Gasteiger partial charge in [-0.05, 0) is 30.7 Å². The number of aromatic nitrogens is 2. The average Bonchev–Trinajstić information content (AvgIpc) is 2.63. The first-order valence-electron chi connectivity index (χ1n) is 8.24. The van der Waals surface area contributed by atoms with Crippen LogP contribution in [0.5, 0.6) is 0 Å². The molecule has 0 atom stereocenters. The Morgan fingerprint density at radius 1 is 1.12 bits per heavy atom. The van der Waals surface area contributed by atoms with Gasteiger partial charge in [0.1, 0.15) is 5.82 Å². The molecule has 3 N–H and O–H groups in total. The van der Waals surface area contributed by atoms with E-state index in [0.29, 0.717) is 24.7 Å². The topological polar surface area (TPSA) is 91.3 Å². The van der Waals surface area contributed by atoms with Crippen LogP contribution in [0.15, 0.2) is 47.7 Å². The third-order valence-electron chi connectivity index (χ3n) is 3.45. The lowest BCUT2D eigenvalue weighted by molar-refractivity contribution is -0.116. The van der Waals surface area contributed by atoms with Gasteiger partial charge < -0.3 is 16.0 Å². The number of hydrogen-bond donors (Lipinski definition) is 3.